The molecule has 0 aromatic carbocycles. The van der Waals surface area contributed by atoms with Crippen LogP contribution in [0.5, 0.6) is 0 Å². The molecule has 0 aliphatic rings. The van der Waals surface area contributed by atoms with Crippen molar-refractivity contribution in [3.05, 3.63) is 35.4 Å². The fourth-order valence-corrected chi connectivity index (χ4v) is 1.52. The van der Waals surface area contributed by atoms with Crippen LogP contribution in [0.15, 0.2) is 18.3 Å². The molecule has 2 aromatic rings. The maximum absolute atomic E-state index is 10.9. The first-order valence-electron chi connectivity index (χ1n) is 4.45. The number of fused-ring (bicyclic) bond motifs is 1. The first kappa shape index (κ1) is 9.67. The zero-order valence-electron chi connectivity index (χ0n) is 8.14. The molecule has 0 bridgehead atoms. The van der Waals surface area contributed by atoms with Crippen molar-refractivity contribution in [3.8, 4) is 0 Å². The summed E-state index contributed by atoms with van der Waals surface area (Å²) in [5.74, 6) is -0.750. The van der Waals surface area contributed by atoms with Crippen LogP contribution in [0.25, 0.3) is 5.52 Å². The zero-order chi connectivity index (χ0) is 11.0. The fourth-order valence-electron chi connectivity index (χ4n) is 1.52. The molecule has 5 heteroatoms. The number of carbonyl (C=O) groups is 1. The monoisotopic (exact) mass is 206 g/mol. The number of pyridine rings is 1. The minimum absolute atomic E-state index is 0.0252. The molecule has 0 saturated carbocycles. The lowest BCUT2D eigenvalue weighted by Crippen LogP contribution is -1.97. The van der Waals surface area contributed by atoms with Gasteiger partial charge in [0.1, 0.15) is 12.4 Å². The average molecular weight is 206 g/mol. The summed E-state index contributed by atoms with van der Waals surface area (Å²) in [6, 6.07) is 3.56. The number of hydrogen-bond donors (Lipinski definition) is 2. The van der Waals surface area contributed by atoms with Crippen LogP contribution in [-0.4, -0.2) is 25.6 Å². The quantitative estimate of drug-likeness (QED) is 0.763. The normalized spacial score (nSPS) is 10.8. The summed E-state index contributed by atoms with van der Waals surface area (Å²) in [4.78, 5) is 14.8. The Bertz CT molecular complexity index is 531. The van der Waals surface area contributed by atoms with Crippen LogP contribution in [0, 0.1) is 6.92 Å². The molecule has 0 unspecified atom stereocenters. The van der Waals surface area contributed by atoms with E-state index in [-0.39, 0.29) is 12.3 Å². The summed E-state index contributed by atoms with van der Waals surface area (Å²) in [5, 5.41) is 17.9. The van der Waals surface area contributed by atoms with E-state index in [1.54, 1.807) is 16.7 Å². The fraction of sp³-hybridized carbons (Fsp3) is 0.200. The van der Waals surface area contributed by atoms with E-state index in [0.29, 0.717) is 11.3 Å². The molecule has 2 aromatic heterocycles. The van der Waals surface area contributed by atoms with Gasteiger partial charge in [-0.25, -0.2) is 9.78 Å². The Kier molecular flexibility index (Phi) is 2.17. The third-order valence-corrected chi connectivity index (χ3v) is 2.22. The number of carboxylic acid groups (broad SMARTS) is 1. The lowest BCUT2D eigenvalue weighted by molar-refractivity contribution is 0.0693. The van der Waals surface area contributed by atoms with Gasteiger partial charge in [0.25, 0.3) is 0 Å². The van der Waals surface area contributed by atoms with Crippen molar-refractivity contribution < 1.29 is 15.0 Å². The van der Waals surface area contributed by atoms with Crippen LogP contribution in [-0.2, 0) is 6.61 Å². The van der Waals surface area contributed by atoms with Gasteiger partial charge >= 0.3 is 5.97 Å². The molecule has 0 aliphatic carbocycles. The number of imidazole rings is 1. The van der Waals surface area contributed by atoms with Crippen molar-refractivity contribution in [2.24, 2.45) is 0 Å². The molecule has 5 nitrogen and oxygen atoms in total. The summed E-state index contributed by atoms with van der Waals surface area (Å²) in [6.45, 7) is 1.59. The van der Waals surface area contributed by atoms with Crippen molar-refractivity contribution >= 4 is 11.5 Å². The highest BCUT2D eigenvalue weighted by molar-refractivity contribution is 5.93. The Morgan fingerprint density at radius 3 is 2.93 bits per heavy atom. The van der Waals surface area contributed by atoms with Crippen LogP contribution in [0.3, 0.4) is 0 Å². The largest absolute Gasteiger partial charge is 0.476 e. The minimum Gasteiger partial charge on any atom is -0.476 e. The van der Waals surface area contributed by atoms with Gasteiger partial charge in [0.2, 0.25) is 0 Å². The van der Waals surface area contributed by atoms with E-state index in [9.17, 15) is 4.79 Å². The number of aliphatic hydroxyl groups is 1. The van der Waals surface area contributed by atoms with E-state index in [1.165, 1.54) is 0 Å². The summed E-state index contributed by atoms with van der Waals surface area (Å²) in [6.07, 6.45) is 1.70. The topological polar surface area (TPSA) is 74.8 Å². The second-order valence-corrected chi connectivity index (χ2v) is 3.30. The number of aromatic nitrogens is 2. The second kappa shape index (κ2) is 3.36. The van der Waals surface area contributed by atoms with E-state index < -0.39 is 5.97 Å². The number of aliphatic hydroxyl groups excluding tert-OH is 1. The molecule has 0 fully saturated rings. The van der Waals surface area contributed by atoms with Gasteiger partial charge in [-0.1, -0.05) is 0 Å². The summed E-state index contributed by atoms with van der Waals surface area (Å²) in [7, 11) is 0. The van der Waals surface area contributed by atoms with E-state index in [1.807, 2.05) is 13.0 Å². The van der Waals surface area contributed by atoms with Crippen molar-refractivity contribution in [1.29, 1.82) is 0 Å². The number of aromatic carboxylic acids is 1. The van der Waals surface area contributed by atoms with Gasteiger partial charge in [-0.2, -0.15) is 0 Å². The maximum Gasteiger partial charge on any atom is 0.356 e. The van der Waals surface area contributed by atoms with Gasteiger partial charge in [0, 0.05) is 6.20 Å². The first-order chi connectivity index (χ1) is 7.13. The van der Waals surface area contributed by atoms with Crippen molar-refractivity contribution in [2.75, 3.05) is 0 Å². The molecule has 15 heavy (non-hydrogen) atoms. The molecule has 0 saturated heterocycles. The van der Waals surface area contributed by atoms with E-state index >= 15 is 0 Å². The van der Waals surface area contributed by atoms with Crippen LogP contribution in [0.4, 0.5) is 0 Å². The Labute approximate surface area is 85.6 Å². The molecule has 0 radical (unpaired) electrons. The third-order valence-electron chi connectivity index (χ3n) is 2.22. The zero-order valence-corrected chi connectivity index (χ0v) is 8.14. The van der Waals surface area contributed by atoms with Gasteiger partial charge < -0.3 is 14.6 Å². The Hall–Kier alpha value is -1.88. The van der Waals surface area contributed by atoms with E-state index in [2.05, 4.69) is 4.98 Å². The molecule has 78 valence electrons. The lowest BCUT2D eigenvalue weighted by atomic mass is 10.2. The van der Waals surface area contributed by atoms with Crippen molar-refractivity contribution in [1.82, 2.24) is 9.38 Å². The molecule has 2 rings (SSSR count). The summed E-state index contributed by atoms with van der Waals surface area (Å²) in [5.41, 5.74) is 1.43. The maximum atomic E-state index is 10.9. The summed E-state index contributed by atoms with van der Waals surface area (Å²) < 4.78 is 1.58. The lowest BCUT2D eigenvalue weighted by Gasteiger charge is -1.98. The predicted octanol–water partition coefficient (Wildman–Crippen LogP) is 0.833. The highest BCUT2D eigenvalue weighted by atomic mass is 16.4. The van der Waals surface area contributed by atoms with Crippen LogP contribution in [0.1, 0.15) is 21.9 Å². The Morgan fingerprint density at radius 2 is 2.33 bits per heavy atom. The third kappa shape index (κ3) is 1.46. The van der Waals surface area contributed by atoms with Gasteiger partial charge in [0.15, 0.2) is 5.69 Å². The van der Waals surface area contributed by atoms with Gasteiger partial charge in [-0.05, 0) is 24.6 Å². The van der Waals surface area contributed by atoms with Gasteiger partial charge in [-0.15, -0.1) is 0 Å². The second-order valence-electron chi connectivity index (χ2n) is 3.30. The SMILES string of the molecule is Cc1ccn2c(CO)nc(C(=O)O)c2c1. The molecule has 0 aliphatic heterocycles. The average Bonchev–Trinajstić information content (AvgIpc) is 2.55. The van der Waals surface area contributed by atoms with Gasteiger partial charge in [0.05, 0.1) is 5.52 Å². The standard InChI is InChI=1S/C10H10N2O3/c1-6-2-3-12-7(4-6)9(10(14)15)11-8(12)5-13/h2-4,13H,5H2,1H3,(H,14,15). The van der Waals surface area contributed by atoms with E-state index in [4.69, 9.17) is 10.2 Å². The highest BCUT2D eigenvalue weighted by Gasteiger charge is 2.15. The highest BCUT2D eigenvalue weighted by Crippen LogP contribution is 2.15. The predicted molar refractivity (Wildman–Crippen MR) is 52.8 cm³/mol. The summed E-state index contributed by atoms with van der Waals surface area (Å²) >= 11 is 0. The van der Waals surface area contributed by atoms with E-state index in [0.717, 1.165) is 5.56 Å². The molecular formula is C10H10N2O3. The Balaban J connectivity index is 2.81. The van der Waals surface area contributed by atoms with Crippen LogP contribution >= 0.6 is 0 Å². The van der Waals surface area contributed by atoms with Crippen LogP contribution < -0.4 is 0 Å². The number of rotatable bonds is 2. The van der Waals surface area contributed by atoms with Gasteiger partial charge in [-0.3, -0.25) is 0 Å². The smallest absolute Gasteiger partial charge is 0.356 e. The molecular weight excluding hydrogens is 196 g/mol. The molecule has 0 amide bonds. The number of carboxylic acids is 1. The van der Waals surface area contributed by atoms with Crippen LogP contribution in [0.2, 0.25) is 0 Å². The first-order valence-corrected chi connectivity index (χ1v) is 4.45. The molecule has 2 heterocycles. The Morgan fingerprint density at radius 1 is 1.60 bits per heavy atom. The minimum atomic E-state index is -1.09. The number of nitrogens with zero attached hydrogens (tertiary/aromatic N) is 2. The molecule has 0 atom stereocenters. The number of hydrogen-bond acceptors (Lipinski definition) is 3. The molecule has 2 N–H and O–H groups in total. The number of aryl methyl sites for hydroxylation is 1. The van der Waals surface area contributed by atoms with Crippen molar-refractivity contribution in [3.63, 3.8) is 0 Å². The van der Waals surface area contributed by atoms with Crippen molar-refractivity contribution in [2.45, 2.75) is 13.5 Å². The molecule has 0 spiro atoms.